The van der Waals surface area contributed by atoms with E-state index < -0.39 is 8.07 Å². The fraction of sp³-hybridized carbons (Fsp3) is 0.300. The van der Waals surface area contributed by atoms with Crippen LogP contribution < -0.4 is 0 Å². The van der Waals surface area contributed by atoms with Crippen molar-refractivity contribution in [3.05, 3.63) is 57.5 Å². The zero-order valence-electron chi connectivity index (χ0n) is 16.0. The molecule has 0 N–H and O–H groups in total. The zero-order chi connectivity index (χ0) is 20.3. The van der Waals surface area contributed by atoms with Crippen molar-refractivity contribution >= 4 is 39.9 Å². The molecule has 0 saturated carbocycles. The van der Waals surface area contributed by atoms with E-state index in [-0.39, 0.29) is 5.82 Å². The molecule has 1 aromatic carbocycles. The lowest BCUT2D eigenvalue weighted by Crippen LogP contribution is -2.22. The molecule has 2 aromatic heterocycles. The van der Waals surface area contributed by atoms with Gasteiger partial charge in [-0.2, -0.15) is 5.10 Å². The van der Waals surface area contributed by atoms with Crippen molar-refractivity contribution < 1.29 is 9.13 Å². The van der Waals surface area contributed by atoms with Gasteiger partial charge in [0.05, 0.1) is 10.2 Å². The standard InChI is InChI=1S/C20H22Br2FN3OSi/c1-28(2,3)10-9-27-13-26-12-15(14-7-8-17(23)16(21)11-14)20(25-26)18-5-4-6-19(22)24-18/h4-8,11-12H,9-10,13H2,1-3H3. The summed E-state index contributed by atoms with van der Waals surface area (Å²) in [4.78, 5) is 4.53. The van der Waals surface area contributed by atoms with Crippen LogP contribution >= 0.6 is 31.9 Å². The Bertz CT molecular complexity index is 972. The van der Waals surface area contributed by atoms with E-state index in [0.717, 1.165) is 39.8 Å². The number of halogens is 3. The van der Waals surface area contributed by atoms with E-state index in [1.807, 2.05) is 24.4 Å². The van der Waals surface area contributed by atoms with Crippen LogP contribution in [0, 0.1) is 5.82 Å². The van der Waals surface area contributed by atoms with Crippen LogP contribution in [0.2, 0.25) is 25.7 Å². The summed E-state index contributed by atoms with van der Waals surface area (Å²) in [5.41, 5.74) is 3.21. The number of pyridine rings is 1. The van der Waals surface area contributed by atoms with Crippen LogP contribution in [0.25, 0.3) is 22.5 Å². The molecule has 0 atom stereocenters. The molecule has 0 bridgehead atoms. The molecule has 0 aliphatic carbocycles. The number of ether oxygens (including phenoxy) is 1. The summed E-state index contributed by atoms with van der Waals surface area (Å²) < 4.78 is 22.5. The number of hydrogen-bond donors (Lipinski definition) is 0. The van der Waals surface area contributed by atoms with Gasteiger partial charge in [-0.05, 0) is 67.7 Å². The van der Waals surface area contributed by atoms with Gasteiger partial charge in [0.15, 0.2) is 0 Å². The molecule has 0 aliphatic heterocycles. The quantitative estimate of drug-likeness (QED) is 0.198. The van der Waals surface area contributed by atoms with Crippen LogP contribution in [0.5, 0.6) is 0 Å². The monoisotopic (exact) mass is 525 g/mol. The maximum Gasteiger partial charge on any atom is 0.139 e. The molecule has 3 rings (SSSR count). The topological polar surface area (TPSA) is 39.9 Å². The number of nitrogens with zero attached hydrogens (tertiary/aromatic N) is 3. The molecule has 0 radical (unpaired) electrons. The molecule has 28 heavy (non-hydrogen) atoms. The molecule has 148 valence electrons. The summed E-state index contributed by atoms with van der Waals surface area (Å²) in [6.07, 6.45) is 1.92. The Morgan fingerprint density at radius 3 is 2.61 bits per heavy atom. The minimum Gasteiger partial charge on any atom is -0.360 e. The molecule has 0 unspecified atom stereocenters. The highest BCUT2D eigenvalue weighted by Gasteiger charge is 2.17. The molecule has 0 aliphatic rings. The van der Waals surface area contributed by atoms with Crippen molar-refractivity contribution in [3.63, 3.8) is 0 Å². The number of hydrogen-bond acceptors (Lipinski definition) is 3. The fourth-order valence-electron chi connectivity index (χ4n) is 2.63. The Hall–Kier alpha value is -1.35. The lowest BCUT2D eigenvalue weighted by Gasteiger charge is -2.15. The first-order valence-corrected chi connectivity index (χ1v) is 14.3. The predicted molar refractivity (Wildman–Crippen MR) is 120 cm³/mol. The summed E-state index contributed by atoms with van der Waals surface area (Å²) in [6.45, 7) is 8.06. The molecule has 0 saturated heterocycles. The summed E-state index contributed by atoms with van der Waals surface area (Å²) >= 11 is 6.68. The van der Waals surface area contributed by atoms with Crippen LogP contribution in [-0.4, -0.2) is 29.4 Å². The summed E-state index contributed by atoms with van der Waals surface area (Å²) in [5, 5.41) is 4.69. The Kier molecular flexibility index (Phi) is 6.85. The Morgan fingerprint density at radius 2 is 1.93 bits per heavy atom. The zero-order valence-corrected chi connectivity index (χ0v) is 20.2. The molecule has 0 spiro atoms. The highest BCUT2D eigenvalue weighted by Crippen LogP contribution is 2.33. The minimum atomic E-state index is -1.14. The van der Waals surface area contributed by atoms with Gasteiger partial charge in [-0.3, -0.25) is 0 Å². The average Bonchev–Trinajstić information content (AvgIpc) is 3.05. The molecular formula is C20H22Br2FN3OSi. The van der Waals surface area contributed by atoms with Gasteiger partial charge in [-0.15, -0.1) is 0 Å². The smallest absolute Gasteiger partial charge is 0.139 e. The van der Waals surface area contributed by atoms with Gasteiger partial charge in [0.2, 0.25) is 0 Å². The normalized spacial score (nSPS) is 11.8. The minimum absolute atomic E-state index is 0.298. The average molecular weight is 527 g/mol. The predicted octanol–water partition coefficient (Wildman–Crippen LogP) is 6.59. The van der Waals surface area contributed by atoms with E-state index in [1.165, 1.54) is 6.07 Å². The van der Waals surface area contributed by atoms with Gasteiger partial charge in [0, 0.05) is 26.4 Å². The van der Waals surface area contributed by atoms with E-state index in [2.05, 4.69) is 56.5 Å². The molecule has 2 heterocycles. The van der Waals surface area contributed by atoms with Crippen LogP contribution in [-0.2, 0) is 11.5 Å². The van der Waals surface area contributed by atoms with E-state index in [9.17, 15) is 4.39 Å². The van der Waals surface area contributed by atoms with Crippen LogP contribution in [0.4, 0.5) is 4.39 Å². The lowest BCUT2D eigenvalue weighted by molar-refractivity contribution is 0.0787. The van der Waals surface area contributed by atoms with Crippen molar-refractivity contribution in [2.24, 2.45) is 0 Å². The van der Waals surface area contributed by atoms with Gasteiger partial charge in [0.1, 0.15) is 22.8 Å². The van der Waals surface area contributed by atoms with Crippen LogP contribution in [0.3, 0.4) is 0 Å². The second-order valence-corrected chi connectivity index (χ2v) is 15.0. The van der Waals surface area contributed by atoms with Crippen molar-refractivity contribution in [1.29, 1.82) is 0 Å². The first-order chi connectivity index (χ1) is 13.2. The maximum atomic E-state index is 13.7. The second-order valence-electron chi connectivity index (χ2n) is 7.75. The van der Waals surface area contributed by atoms with E-state index in [4.69, 9.17) is 9.84 Å². The van der Waals surface area contributed by atoms with Gasteiger partial charge in [0.25, 0.3) is 0 Å². The molecule has 3 aromatic rings. The van der Waals surface area contributed by atoms with Gasteiger partial charge in [-0.1, -0.05) is 31.8 Å². The number of aromatic nitrogens is 3. The molecule has 0 amide bonds. The summed E-state index contributed by atoms with van der Waals surface area (Å²) in [6, 6.07) is 11.7. The summed E-state index contributed by atoms with van der Waals surface area (Å²) in [7, 11) is -1.14. The third kappa shape index (κ3) is 5.59. The van der Waals surface area contributed by atoms with Crippen molar-refractivity contribution in [3.8, 4) is 22.5 Å². The van der Waals surface area contributed by atoms with Crippen LogP contribution in [0.1, 0.15) is 0 Å². The van der Waals surface area contributed by atoms with Crippen molar-refractivity contribution in [2.45, 2.75) is 32.4 Å². The van der Waals surface area contributed by atoms with E-state index in [1.54, 1.807) is 16.8 Å². The summed E-state index contributed by atoms with van der Waals surface area (Å²) in [5.74, 6) is -0.298. The van der Waals surface area contributed by atoms with Gasteiger partial charge in [-0.25, -0.2) is 14.1 Å². The van der Waals surface area contributed by atoms with Crippen LogP contribution in [0.15, 0.2) is 51.7 Å². The first-order valence-electron chi connectivity index (χ1n) is 8.96. The van der Waals surface area contributed by atoms with Crippen molar-refractivity contribution in [1.82, 2.24) is 14.8 Å². The highest BCUT2D eigenvalue weighted by atomic mass is 79.9. The van der Waals surface area contributed by atoms with Gasteiger partial charge >= 0.3 is 0 Å². The van der Waals surface area contributed by atoms with E-state index in [0.29, 0.717) is 11.2 Å². The Labute approximate surface area is 182 Å². The SMILES string of the molecule is C[Si](C)(C)CCOCn1cc(-c2ccc(F)c(Br)c2)c(-c2cccc(Br)n2)n1. The molecule has 4 nitrogen and oxygen atoms in total. The highest BCUT2D eigenvalue weighted by molar-refractivity contribution is 9.10. The number of rotatable bonds is 7. The Morgan fingerprint density at radius 1 is 1.14 bits per heavy atom. The molecule has 8 heteroatoms. The Balaban J connectivity index is 1.92. The largest absolute Gasteiger partial charge is 0.360 e. The maximum absolute atomic E-state index is 13.7. The number of benzene rings is 1. The molecule has 0 fully saturated rings. The first kappa shape index (κ1) is 21.4. The lowest BCUT2D eigenvalue weighted by atomic mass is 10.0. The van der Waals surface area contributed by atoms with E-state index >= 15 is 0 Å². The molecular weight excluding hydrogens is 505 g/mol. The van der Waals surface area contributed by atoms with Crippen molar-refractivity contribution in [2.75, 3.05) is 6.61 Å². The third-order valence-electron chi connectivity index (χ3n) is 4.17. The van der Waals surface area contributed by atoms with Gasteiger partial charge < -0.3 is 4.74 Å². The fourth-order valence-corrected chi connectivity index (χ4v) is 4.11. The third-order valence-corrected chi connectivity index (χ3v) is 6.92. The second kappa shape index (κ2) is 8.98.